The maximum absolute atomic E-state index is 12.7. The van der Waals surface area contributed by atoms with Crippen LogP contribution in [0.3, 0.4) is 0 Å². The van der Waals surface area contributed by atoms with Crippen molar-refractivity contribution >= 4 is 12.0 Å². The minimum absolute atomic E-state index is 0.0280. The van der Waals surface area contributed by atoms with Crippen molar-refractivity contribution in [3.63, 3.8) is 0 Å². The molecule has 214 valence electrons. The van der Waals surface area contributed by atoms with Crippen molar-refractivity contribution in [1.29, 1.82) is 0 Å². The van der Waals surface area contributed by atoms with Gasteiger partial charge in [0.25, 0.3) is 0 Å². The molecule has 2 fully saturated rings. The fourth-order valence-corrected chi connectivity index (χ4v) is 5.64. The summed E-state index contributed by atoms with van der Waals surface area (Å²) in [4.78, 5) is 24.1. The number of hydrogen-bond acceptors (Lipinski definition) is 5. The lowest BCUT2D eigenvalue weighted by Gasteiger charge is -2.45. The predicted octanol–water partition coefficient (Wildman–Crippen LogP) is 4.89. The van der Waals surface area contributed by atoms with Gasteiger partial charge in [0, 0.05) is 17.5 Å². The Hall–Kier alpha value is -3.47. The van der Waals surface area contributed by atoms with Gasteiger partial charge in [0.05, 0.1) is 20.3 Å². The Morgan fingerprint density at radius 1 is 1.08 bits per heavy atom. The van der Waals surface area contributed by atoms with Crippen molar-refractivity contribution < 1.29 is 37.3 Å². The van der Waals surface area contributed by atoms with Gasteiger partial charge in [-0.2, -0.15) is 13.2 Å². The lowest BCUT2D eigenvalue weighted by Crippen LogP contribution is -2.53. The van der Waals surface area contributed by atoms with E-state index in [0.717, 1.165) is 49.3 Å². The van der Waals surface area contributed by atoms with E-state index >= 15 is 0 Å². The first kappa shape index (κ1) is 30.1. The van der Waals surface area contributed by atoms with Gasteiger partial charge in [-0.1, -0.05) is 36.4 Å². The molecule has 11 heteroatoms. The van der Waals surface area contributed by atoms with E-state index in [2.05, 4.69) is 34.7 Å². The molecule has 39 heavy (non-hydrogen) atoms. The van der Waals surface area contributed by atoms with E-state index in [9.17, 15) is 18.0 Å². The van der Waals surface area contributed by atoms with Gasteiger partial charge in [-0.05, 0) is 69.5 Å². The minimum Gasteiger partial charge on any atom is -0.493 e. The Kier molecular flexibility index (Phi) is 9.71. The van der Waals surface area contributed by atoms with Crippen LogP contribution in [0.2, 0.25) is 0 Å². The van der Waals surface area contributed by atoms with Crippen LogP contribution < -0.4 is 20.1 Å². The zero-order valence-electron chi connectivity index (χ0n) is 22.5. The molecule has 2 aliphatic rings. The van der Waals surface area contributed by atoms with Gasteiger partial charge in [0.1, 0.15) is 0 Å². The van der Waals surface area contributed by atoms with Crippen LogP contribution in [0.25, 0.3) is 0 Å². The van der Waals surface area contributed by atoms with Crippen molar-refractivity contribution in [2.45, 2.75) is 62.3 Å². The number of alkyl halides is 3. The molecule has 1 aliphatic carbocycles. The molecule has 1 saturated heterocycles. The van der Waals surface area contributed by atoms with E-state index in [0.29, 0.717) is 6.04 Å². The number of urea groups is 1. The molecular weight excluding hydrogens is 515 g/mol. The molecular formula is C28H36F3N3O5. The number of nitrogens with zero attached hydrogens (tertiary/aromatic N) is 1. The first-order valence-corrected chi connectivity index (χ1v) is 12.8. The van der Waals surface area contributed by atoms with Gasteiger partial charge < -0.3 is 30.1 Å². The highest BCUT2D eigenvalue weighted by Crippen LogP contribution is 2.49. The summed E-state index contributed by atoms with van der Waals surface area (Å²) in [6.45, 7) is 3.07. The normalized spacial score (nSPS) is 23.5. The van der Waals surface area contributed by atoms with Crippen LogP contribution in [0.5, 0.6) is 11.5 Å². The Bertz CT molecular complexity index is 1130. The highest BCUT2D eigenvalue weighted by atomic mass is 19.4. The van der Waals surface area contributed by atoms with E-state index in [1.165, 1.54) is 5.56 Å². The SMILES string of the molecule is COc1ccc([C@@]23CC[C@@H](NC(=O)N[C@@H](C)c4ccccc4)C[C@@H]2N(C)CC3)cc1OC.O=C(O)C(F)(F)F. The second-order valence-corrected chi connectivity index (χ2v) is 10.00. The fraction of sp³-hybridized carbons (Fsp3) is 0.500. The van der Waals surface area contributed by atoms with E-state index in [-0.39, 0.29) is 23.5 Å². The highest BCUT2D eigenvalue weighted by molar-refractivity contribution is 5.74. The average molecular weight is 552 g/mol. The maximum Gasteiger partial charge on any atom is 0.490 e. The monoisotopic (exact) mass is 551 g/mol. The number of aliphatic carboxylic acids is 1. The molecule has 1 aliphatic heterocycles. The summed E-state index contributed by atoms with van der Waals surface area (Å²) in [6.07, 6.45) is -1.02. The second-order valence-electron chi connectivity index (χ2n) is 10.00. The Balaban J connectivity index is 0.000000532. The maximum atomic E-state index is 12.7. The number of carboxylic acid groups (broad SMARTS) is 1. The number of carbonyl (C=O) groups is 2. The molecule has 2 aromatic rings. The number of rotatable bonds is 6. The average Bonchev–Trinajstić information content (AvgIpc) is 3.25. The molecule has 0 bridgehead atoms. The number of hydrogen-bond donors (Lipinski definition) is 3. The van der Waals surface area contributed by atoms with Crippen LogP contribution in [0.4, 0.5) is 18.0 Å². The summed E-state index contributed by atoms with van der Waals surface area (Å²) in [5.41, 5.74) is 2.50. The summed E-state index contributed by atoms with van der Waals surface area (Å²) in [6, 6.07) is 16.8. The third-order valence-corrected chi connectivity index (χ3v) is 7.71. The van der Waals surface area contributed by atoms with Gasteiger partial charge in [-0.25, -0.2) is 9.59 Å². The van der Waals surface area contributed by atoms with Crippen LogP contribution in [-0.4, -0.2) is 68.1 Å². The molecule has 8 nitrogen and oxygen atoms in total. The highest BCUT2D eigenvalue weighted by Gasteiger charge is 2.50. The number of ether oxygens (including phenoxy) is 2. The van der Waals surface area contributed by atoms with E-state index in [1.807, 2.05) is 43.3 Å². The van der Waals surface area contributed by atoms with E-state index in [1.54, 1.807) is 14.2 Å². The number of benzene rings is 2. The second kappa shape index (κ2) is 12.6. The standard InChI is InChI=1S/C26H35N3O3.C2HF3O2/c1-18(19-8-6-5-7-9-19)27-25(30)28-21-12-13-26(14-15-29(2)24(26)17-21)20-10-11-22(31-3)23(16-20)32-4;3-2(4,5)1(6)7/h5-11,16,18,21,24H,12-15,17H2,1-4H3,(H2,27,28,30);(H,6,7)/t18-,21+,24-,26-;/m0./s1. The smallest absolute Gasteiger partial charge is 0.490 e. The van der Waals surface area contributed by atoms with Gasteiger partial charge in [0.2, 0.25) is 0 Å². The number of likely N-dealkylation sites (N-methyl/N-ethyl adjacent to an activating group) is 1. The van der Waals surface area contributed by atoms with Crippen molar-refractivity contribution in [2.75, 3.05) is 27.8 Å². The summed E-state index contributed by atoms with van der Waals surface area (Å²) in [5, 5.41) is 13.5. The number of nitrogens with one attached hydrogen (secondary N) is 2. The topological polar surface area (TPSA) is 100 Å². The first-order valence-electron chi connectivity index (χ1n) is 12.8. The Labute approximate surface area is 226 Å². The first-order chi connectivity index (χ1) is 18.4. The summed E-state index contributed by atoms with van der Waals surface area (Å²) >= 11 is 0. The van der Waals surface area contributed by atoms with Crippen molar-refractivity contribution in [2.24, 2.45) is 0 Å². The molecule has 1 heterocycles. The molecule has 0 aromatic heterocycles. The zero-order chi connectivity index (χ0) is 28.8. The Morgan fingerprint density at radius 3 is 2.31 bits per heavy atom. The number of methoxy groups -OCH3 is 2. The summed E-state index contributed by atoms with van der Waals surface area (Å²) in [7, 11) is 5.56. The molecule has 1 saturated carbocycles. The Morgan fingerprint density at radius 2 is 1.72 bits per heavy atom. The predicted molar refractivity (Wildman–Crippen MR) is 140 cm³/mol. The van der Waals surface area contributed by atoms with Crippen LogP contribution in [-0.2, 0) is 10.2 Å². The number of likely N-dealkylation sites (tertiary alicyclic amines) is 1. The van der Waals surface area contributed by atoms with Crippen LogP contribution >= 0.6 is 0 Å². The lowest BCUT2D eigenvalue weighted by molar-refractivity contribution is -0.192. The number of halogens is 3. The third-order valence-electron chi connectivity index (χ3n) is 7.71. The lowest BCUT2D eigenvalue weighted by atomic mass is 9.65. The van der Waals surface area contributed by atoms with Crippen LogP contribution in [0.1, 0.15) is 49.8 Å². The quantitative estimate of drug-likeness (QED) is 0.473. The molecule has 0 radical (unpaired) electrons. The van der Waals surface area contributed by atoms with Gasteiger partial charge >= 0.3 is 18.2 Å². The number of carbonyl (C=O) groups excluding carboxylic acids is 1. The number of fused-ring (bicyclic) bond motifs is 1. The molecule has 0 unspecified atom stereocenters. The molecule has 2 amide bonds. The molecule has 3 N–H and O–H groups in total. The zero-order valence-corrected chi connectivity index (χ0v) is 22.5. The largest absolute Gasteiger partial charge is 0.493 e. The van der Waals surface area contributed by atoms with Crippen molar-refractivity contribution in [3.05, 3.63) is 59.7 Å². The molecule has 2 aromatic carbocycles. The minimum atomic E-state index is -5.08. The third kappa shape index (κ3) is 7.14. The number of carboxylic acids is 1. The van der Waals surface area contributed by atoms with E-state index in [4.69, 9.17) is 19.4 Å². The summed E-state index contributed by atoms with van der Waals surface area (Å²) in [5.74, 6) is -1.22. The number of amides is 2. The molecule has 4 rings (SSSR count). The van der Waals surface area contributed by atoms with Crippen LogP contribution in [0.15, 0.2) is 48.5 Å². The summed E-state index contributed by atoms with van der Waals surface area (Å²) < 4.78 is 42.8. The van der Waals surface area contributed by atoms with Crippen molar-refractivity contribution in [1.82, 2.24) is 15.5 Å². The molecule has 0 spiro atoms. The molecule has 4 atom stereocenters. The van der Waals surface area contributed by atoms with Gasteiger partial charge in [-0.15, -0.1) is 0 Å². The van der Waals surface area contributed by atoms with E-state index < -0.39 is 12.1 Å². The van der Waals surface area contributed by atoms with Crippen LogP contribution in [0, 0.1) is 0 Å². The fourth-order valence-electron chi connectivity index (χ4n) is 5.64. The van der Waals surface area contributed by atoms with Crippen molar-refractivity contribution in [3.8, 4) is 11.5 Å². The van der Waals surface area contributed by atoms with Gasteiger partial charge in [-0.3, -0.25) is 0 Å². The van der Waals surface area contributed by atoms with Gasteiger partial charge in [0.15, 0.2) is 11.5 Å².